The monoisotopic (exact) mass is 393 g/mol. The zero-order chi connectivity index (χ0) is 13.3. The third-order valence-electron chi connectivity index (χ3n) is 3.41. The fourth-order valence-corrected chi connectivity index (χ4v) is 4.19. The summed E-state index contributed by atoms with van der Waals surface area (Å²) in [7, 11) is 0. The quantitative estimate of drug-likeness (QED) is 0.682. The largest absolute Gasteiger partial charge is 0.335 e. The van der Waals surface area contributed by atoms with Gasteiger partial charge in [0.1, 0.15) is 0 Å². The summed E-state index contributed by atoms with van der Waals surface area (Å²) in [5.74, 6) is 0.600. The van der Waals surface area contributed by atoms with Crippen molar-refractivity contribution in [3.8, 4) is 0 Å². The van der Waals surface area contributed by atoms with Crippen LogP contribution in [0, 0.1) is 5.92 Å². The van der Waals surface area contributed by atoms with Crippen molar-refractivity contribution in [3.63, 3.8) is 0 Å². The lowest BCUT2D eigenvalue weighted by atomic mass is 10.0. The van der Waals surface area contributed by atoms with Crippen LogP contribution in [-0.4, -0.2) is 28.7 Å². The topological polar surface area (TPSA) is 20.3 Å². The van der Waals surface area contributed by atoms with E-state index in [1.807, 2.05) is 11.0 Å². The van der Waals surface area contributed by atoms with Gasteiger partial charge in [0.2, 0.25) is 0 Å². The number of hydrogen-bond acceptors (Lipinski definition) is 1. The van der Waals surface area contributed by atoms with Crippen molar-refractivity contribution >= 4 is 49.4 Å². The predicted molar refractivity (Wildman–Crippen MR) is 81.6 cm³/mol. The van der Waals surface area contributed by atoms with E-state index in [1.165, 1.54) is 0 Å². The minimum Gasteiger partial charge on any atom is -0.335 e. The van der Waals surface area contributed by atoms with Crippen LogP contribution in [0.3, 0.4) is 0 Å². The highest BCUT2D eigenvalue weighted by atomic mass is 79.9. The molecule has 1 fully saturated rings. The molecule has 0 bridgehead atoms. The lowest BCUT2D eigenvalue weighted by Crippen LogP contribution is -2.38. The highest BCUT2D eigenvalue weighted by Crippen LogP contribution is 2.28. The number of rotatable bonds is 2. The summed E-state index contributed by atoms with van der Waals surface area (Å²) in [6, 6.07) is 5.61. The van der Waals surface area contributed by atoms with E-state index in [9.17, 15) is 4.79 Å². The van der Waals surface area contributed by atoms with E-state index in [0.717, 1.165) is 22.8 Å². The van der Waals surface area contributed by atoms with Crippen LogP contribution in [0.15, 0.2) is 22.7 Å². The minimum atomic E-state index is 0.0620. The molecule has 0 radical (unpaired) electrons. The van der Waals surface area contributed by atoms with Gasteiger partial charge in [-0.05, 0) is 30.5 Å². The standard InChI is InChI=1S/C13H14Br2ClNO/c1-8-2-3-17(12(8)7-14)13(18)9-4-10(15)6-11(16)5-9/h4-6,8,12H,2-3,7H2,1H3. The van der Waals surface area contributed by atoms with Crippen molar-refractivity contribution < 1.29 is 4.79 Å². The Balaban J connectivity index is 2.25. The van der Waals surface area contributed by atoms with E-state index >= 15 is 0 Å². The Morgan fingerprint density at radius 1 is 1.50 bits per heavy atom. The molecule has 98 valence electrons. The molecule has 2 unspecified atom stereocenters. The van der Waals surface area contributed by atoms with Crippen LogP contribution < -0.4 is 0 Å². The van der Waals surface area contributed by atoms with Gasteiger partial charge in [0.15, 0.2) is 0 Å². The molecule has 5 heteroatoms. The summed E-state index contributed by atoms with van der Waals surface area (Å²) in [6.45, 7) is 3.01. The van der Waals surface area contributed by atoms with Gasteiger partial charge in [-0.25, -0.2) is 0 Å². The second-order valence-corrected chi connectivity index (χ2v) is 6.64. The minimum absolute atomic E-state index is 0.0620. The molecule has 2 nitrogen and oxygen atoms in total. The summed E-state index contributed by atoms with van der Waals surface area (Å²) < 4.78 is 0.834. The molecule has 0 aromatic heterocycles. The smallest absolute Gasteiger partial charge is 0.254 e. The van der Waals surface area contributed by atoms with Gasteiger partial charge in [0.25, 0.3) is 5.91 Å². The van der Waals surface area contributed by atoms with Crippen molar-refractivity contribution in [1.29, 1.82) is 0 Å². The van der Waals surface area contributed by atoms with Gasteiger partial charge >= 0.3 is 0 Å². The van der Waals surface area contributed by atoms with Crippen LogP contribution >= 0.6 is 43.5 Å². The Kier molecular flexibility index (Phi) is 4.73. The molecule has 0 saturated carbocycles. The number of halogens is 3. The fourth-order valence-electron chi connectivity index (χ4n) is 2.34. The molecule has 1 aromatic carbocycles. The van der Waals surface area contributed by atoms with Crippen molar-refractivity contribution in [1.82, 2.24) is 4.90 Å². The van der Waals surface area contributed by atoms with Crippen LogP contribution in [0.25, 0.3) is 0 Å². The first kappa shape index (κ1) is 14.4. The zero-order valence-corrected chi connectivity index (χ0v) is 13.9. The maximum Gasteiger partial charge on any atom is 0.254 e. The van der Waals surface area contributed by atoms with Crippen LogP contribution in [0.1, 0.15) is 23.7 Å². The molecule has 18 heavy (non-hydrogen) atoms. The van der Waals surface area contributed by atoms with Gasteiger partial charge < -0.3 is 4.90 Å². The lowest BCUT2D eigenvalue weighted by molar-refractivity contribution is 0.0738. The van der Waals surface area contributed by atoms with Crippen molar-refractivity contribution in [2.24, 2.45) is 5.92 Å². The number of likely N-dealkylation sites (tertiary alicyclic amines) is 1. The number of amides is 1. The number of carbonyl (C=O) groups is 1. The Morgan fingerprint density at radius 2 is 2.22 bits per heavy atom. The molecular weight excluding hydrogens is 381 g/mol. The third kappa shape index (κ3) is 2.91. The van der Waals surface area contributed by atoms with Gasteiger partial charge in [-0.1, -0.05) is 50.4 Å². The molecule has 1 amide bonds. The number of hydrogen-bond donors (Lipinski definition) is 0. The molecule has 0 spiro atoms. The van der Waals surface area contributed by atoms with Gasteiger partial charge in [0.05, 0.1) is 0 Å². The second-order valence-electron chi connectivity index (χ2n) is 4.64. The molecule has 2 rings (SSSR count). The van der Waals surface area contributed by atoms with E-state index in [2.05, 4.69) is 38.8 Å². The molecule has 1 saturated heterocycles. The Bertz CT molecular complexity index is 446. The highest BCUT2D eigenvalue weighted by Gasteiger charge is 2.34. The maximum absolute atomic E-state index is 12.5. The number of benzene rings is 1. The van der Waals surface area contributed by atoms with E-state index < -0.39 is 0 Å². The first-order chi connectivity index (χ1) is 8.52. The number of alkyl halides is 1. The van der Waals surface area contributed by atoms with Gasteiger partial charge in [0, 0.05) is 33.0 Å². The van der Waals surface area contributed by atoms with Crippen LogP contribution in [0.4, 0.5) is 0 Å². The summed E-state index contributed by atoms with van der Waals surface area (Å²) in [6.07, 6.45) is 1.06. The van der Waals surface area contributed by atoms with E-state index in [4.69, 9.17) is 11.6 Å². The summed E-state index contributed by atoms with van der Waals surface area (Å²) in [5.41, 5.74) is 0.648. The molecule has 2 atom stereocenters. The summed E-state index contributed by atoms with van der Waals surface area (Å²) in [4.78, 5) is 14.4. The average molecular weight is 396 g/mol. The Hall–Kier alpha value is -0.0600. The Morgan fingerprint density at radius 3 is 2.83 bits per heavy atom. The van der Waals surface area contributed by atoms with Crippen molar-refractivity contribution in [2.75, 3.05) is 11.9 Å². The molecule has 1 aliphatic heterocycles. The SMILES string of the molecule is CC1CCN(C(=O)c2cc(Cl)cc(Br)c2)C1CBr. The number of nitrogens with zero attached hydrogens (tertiary/aromatic N) is 1. The summed E-state index contributed by atoms with van der Waals surface area (Å²) >= 11 is 12.9. The fraction of sp³-hybridized carbons (Fsp3) is 0.462. The van der Waals surface area contributed by atoms with Gasteiger partial charge in [-0.2, -0.15) is 0 Å². The molecule has 0 N–H and O–H groups in total. The van der Waals surface area contributed by atoms with Crippen molar-refractivity contribution in [2.45, 2.75) is 19.4 Å². The molecule has 1 heterocycles. The van der Waals surface area contributed by atoms with E-state index in [1.54, 1.807) is 12.1 Å². The van der Waals surface area contributed by atoms with Crippen LogP contribution in [-0.2, 0) is 0 Å². The van der Waals surface area contributed by atoms with Crippen LogP contribution in [0.2, 0.25) is 5.02 Å². The Labute approximate surface area is 129 Å². The zero-order valence-electron chi connectivity index (χ0n) is 10.00. The van der Waals surface area contributed by atoms with E-state index in [0.29, 0.717) is 16.5 Å². The number of carbonyl (C=O) groups excluding carboxylic acids is 1. The first-order valence-electron chi connectivity index (χ1n) is 5.86. The van der Waals surface area contributed by atoms with Gasteiger partial charge in [-0.15, -0.1) is 0 Å². The molecule has 0 aliphatic carbocycles. The predicted octanol–water partition coefficient (Wildman–Crippen LogP) is 4.35. The highest BCUT2D eigenvalue weighted by molar-refractivity contribution is 9.10. The van der Waals surface area contributed by atoms with Gasteiger partial charge in [-0.3, -0.25) is 4.79 Å². The van der Waals surface area contributed by atoms with Crippen LogP contribution in [0.5, 0.6) is 0 Å². The molecule has 1 aliphatic rings. The first-order valence-corrected chi connectivity index (χ1v) is 8.15. The second kappa shape index (κ2) is 5.93. The maximum atomic E-state index is 12.5. The molecule has 1 aromatic rings. The molecular formula is C13H14Br2ClNO. The van der Waals surface area contributed by atoms with Crippen molar-refractivity contribution in [3.05, 3.63) is 33.3 Å². The normalized spacial score (nSPS) is 23.4. The summed E-state index contributed by atoms with van der Waals surface area (Å²) in [5, 5.41) is 1.40. The van der Waals surface area contributed by atoms with E-state index in [-0.39, 0.29) is 11.9 Å². The average Bonchev–Trinajstić information content (AvgIpc) is 2.68. The third-order valence-corrected chi connectivity index (χ3v) is 4.75. The lowest BCUT2D eigenvalue weighted by Gasteiger charge is -2.25.